The van der Waals surface area contributed by atoms with Gasteiger partial charge in [-0.1, -0.05) is 6.92 Å². The van der Waals surface area contributed by atoms with Crippen LogP contribution in [0.2, 0.25) is 0 Å². The predicted octanol–water partition coefficient (Wildman–Crippen LogP) is 3.15. The molecular formula is C21H27O4. The van der Waals surface area contributed by atoms with Gasteiger partial charge in [0.1, 0.15) is 11.7 Å². The lowest BCUT2D eigenvalue weighted by Crippen LogP contribution is -2.60. The van der Waals surface area contributed by atoms with E-state index in [0.717, 1.165) is 24.7 Å². The molecule has 0 amide bonds. The lowest BCUT2D eigenvalue weighted by molar-refractivity contribution is -0.216. The second-order valence-corrected chi connectivity index (χ2v) is 9.74. The minimum absolute atomic E-state index is 0.0344. The normalized spacial score (nSPS) is 57.2. The van der Waals surface area contributed by atoms with Crippen molar-refractivity contribution in [3.8, 4) is 0 Å². The van der Waals surface area contributed by atoms with Crippen LogP contribution in [0, 0.1) is 53.8 Å². The van der Waals surface area contributed by atoms with Crippen LogP contribution in [0.25, 0.3) is 0 Å². The largest absolute Gasteiger partial charge is 0.461 e. The van der Waals surface area contributed by atoms with Crippen molar-refractivity contribution in [1.82, 2.24) is 0 Å². The van der Waals surface area contributed by atoms with Gasteiger partial charge in [-0.05, 0) is 74.5 Å². The quantitative estimate of drug-likeness (QED) is 0.739. The number of rotatable bonds is 3. The first-order valence-electron chi connectivity index (χ1n) is 10.4. The van der Waals surface area contributed by atoms with Crippen molar-refractivity contribution in [3.05, 3.63) is 6.42 Å². The molecule has 7 aliphatic rings. The first-order chi connectivity index (χ1) is 12.1. The molecule has 0 N–H and O–H groups in total. The summed E-state index contributed by atoms with van der Waals surface area (Å²) in [6, 6.07) is 0. The molecule has 1 radical (unpaired) electrons. The Kier molecular flexibility index (Phi) is 2.89. The van der Waals surface area contributed by atoms with E-state index in [1.54, 1.807) is 0 Å². The molecule has 6 saturated carbocycles. The van der Waals surface area contributed by atoms with E-state index in [0.29, 0.717) is 11.8 Å². The average molecular weight is 343 g/mol. The van der Waals surface area contributed by atoms with Crippen molar-refractivity contribution in [3.63, 3.8) is 0 Å². The first kappa shape index (κ1) is 15.0. The SMILES string of the molecule is CCC1(OC(=O)C2C3[CH]C4OC(=O)C2C4C3)C2CC3CC(C2)CC1C3. The van der Waals surface area contributed by atoms with E-state index in [4.69, 9.17) is 9.47 Å². The average Bonchev–Trinajstić information content (AvgIpc) is 3.19. The summed E-state index contributed by atoms with van der Waals surface area (Å²) in [5.74, 6) is 2.45. The van der Waals surface area contributed by atoms with Crippen molar-refractivity contribution < 1.29 is 19.1 Å². The number of ether oxygens (including phenoxy) is 2. The van der Waals surface area contributed by atoms with Gasteiger partial charge >= 0.3 is 11.9 Å². The molecule has 0 aromatic heterocycles. The Bertz CT molecular complexity index is 610. The van der Waals surface area contributed by atoms with E-state index in [1.807, 2.05) is 0 Å². The summed E-state index contributed by atoms with van der Waals surface area (Å²) < 4.78 is 11.9. The van der Waals surface area contributed by atoms with E-state index >= 15 is 0 Å². The molecule has 0 aromatic carbocycles. The highest BCUT2D eigenvalue weighted by Crippen LogP contribution is 2.62. The lowest BCUT2D eigenvalue weighted by atomic mass is 9.49. The van der Waals surface area contributed by atoms with E-state index in [2.05, 4.69) is 13.3 Å². The smallest absolute Gasteiger partial charge is 0.310 e. The number of hydrogen-bond acceptors (Lipinski definition) is 4. The van der Waals surface area contributed by atoms with E-state index in [9.17, 15) is 9.59 Å². The van der Waals surface area contributed by atoms with Gasteiger partial charge in [0.25, 0.3) is 0 Å². The Morgan fingerprint density at radius 3 is 2.48 bits per heavy atom. The van der Waals surface area contributed by atoms with Crippen molar-refractivity contribution in [2.24, 2.45) is 47.3 Å². The number of esters is 2. The number of carbonyl (C=O) groups excluding carboxylic acids is 2. The molecule has 4 heteroatoms. The summed E-state index contributed by atoms with van der Waals surface area (Å²) in [6.45, 7) is 2.20. The van der Waals surface area contributed by atoms with Crippen LogP contribution in [-0.2, 0) is 19.1 Å². The summed E-state index contributed by atoms with van der Waals surface area (Å²) in [5.41, 5.74) is -0.256. The molecule has 25 heavy (non-hydrogen) atoms. The maximum atomic E-state index is 13.3. The van der Waals surface area contributed by atoms with Crippen LogP contribution < -0.4 is 0 Å². The molecule has 7 fully saturated rings. The second-order valence-electron chi connectivity index (χ2n) is 9.74. The highest BCUT2D eigenvalue weighted by Gasteiger charge is 2.66. The molecule has 5 atom stereocenters. The molecule has 6 bridgehead atoms. The third-order valence-electron chi connectivity index (χ3n) is 8.87. The highest BCUT2D eigenvalue weighted by molar-refractivity contribution is 5.86. The van der Waals surface area contributed by atoms with Gasteiger partial charge < -0.3 is 9.47 Å². The fourth-order valence-corrected chi connectivity index (χ4v) is 8.10. The number of carbonyl (C=O) groups is 2. The van der Waals surface area contributed by atoms with Gasteiger partial charge in [-0.3, -0.25) is 9.59 Å². The molecule has 1 heterocycles. The standard InChI is InChI=1S/C21H27O4/c1-2-21(13-4-10-3-11(6-13)7-14(21)5-10)25-20(23)17-12-8-15-16(9-12)24-19(22)18(15)17/h9-18H,2-8H2,1H3. The maximum absolute atomic E-state index is 13.3. The Balaban J connectivity index is 1.28. The van der Waals surface area contributed by atoms with Crippen LogP contribution in [-0.4, -0.2) is 23.6 Å². The van der Waals surface area contributed by atoms with Gasteiger partial charge in [-0.2, -0.15) is 0 Å². The van der Waals surface area contributed by atoms with Crippen molar-refractivity contribution >= 4 is 11.9 Å². The maximum Gasteiger partial charge on any atom is 0.310 e. The third-order valence-corrected chi connectivity index (χ3v) is 8.87. The molecule has 1 aliphatic heterocycles. The minimum Gasteiger partial charge on any atom is -0.461 e. The molecule has 7 rings (SSSR count). The first-order valence-corrected chi connectivity index (χ1v) is 10.4. The fraction of sp³-hybridized carbons (Fsp3) is 0.857. The summed E-state index contributed by atoms with van der Waals surface area (Å²) >= 11 is 0. The summed E-state index contributed by atoms with van der Waals surface area (Å²) in [5, 5.41) is 0. The van der Waals surface area contributed by atoms with Crippen LogP contribution in [0.5, 0.6) is 0 Å². The molecule has 135 valence electrons. The van der Waals surface area contributed by atoms with Crippen molar-refractivity contribution in [1.29, 1.82) is 0 Å². The number of hydrogen-bond donors (Lipinski definition) is 0. The predicted molar refractivity (Wildman–Crippen MR) is 88.9 cm³/mol. The van der Waals surface area contributed by atoms with Gasteiger partial charge in [0.05, 0.1) is 11.8 Å². The van der Waals surface area contributed by atoms with Crippen LogP contribution >= 0.6 is 0 Å². The van der Waals surface area contributed by atoms with Crippen LogP contribution in [0.4, 0.5) is 0 Å². The summed E-state index contributed by atoms with van der Waals surface area (Å²) in [6.07, 6.45) is 10.3. The van der Waals surface area contributed by atoms with Crippen molar-refractivity contribution in [2.75, 3.05) is 0 Å². The summed E-state index contributed by atoms with van der Waals surface area (Å²) in [7, 11) is 0. The fourth-order valence-electron chi connectivity index (χ4n) is 8.10. The number of fused-ring (bicyclic) bond motifs is 1. The van der Waals surface area contributed by atoms with Crippen LogP contribution in [0.3, 0.4) is 0 Å². The Hall–Kier alpha value is -1.06. The van der Waals surface area contributed by atoms with Crippen molar-refractivity contribution in [2.45, 2.75) is 63.6 Å². The molecule has 0 aromatic rings. The van der Waals surface area contributed by atoms with E-state index < -0.39 is 0 Å². The van der Waals surface area contributed by atoms with E-state index in [1.165, 1.54) is 32.1 Å². The van der Waals surface area contributed by atoms with Gasteiger partial charge in [-0.15, -0.1) is 0 Å². The Morgan fingerprint density at radius 1 is 1.16 bits per heavy atom. The van der Waals surface area contributed by atoms with E-state index in [-0.39, 0.29) is 47.3 Å². The summed E-state index contributed by atoms with van der Waals surface area (Å²) in [4.78, 5) is 25.5. The van der Waals surface area contributed by atoms with Gasteiger partial charge in [0.15, 0.2) is 0 Å². The zero-order valence-electron chi connectivity index (χ0n) is 14.9. The zero-order valence-corrected chi connectivity index (χ0v) is 14.9. The monoisotopic (exact) mass is 343 g/mol. The molecule has 6 aliphatic carbocycles. The molecular weight excluding hydrogens is 316 g/mol. The molecule has 0 spiro atoms. The Morgan fingerprint density at radius 2 is 1.84 bits per heavy atom. The molecule has 5 unspecified atom stereocenters. The van der Waals surface area contributed by atoms with Crippen LogP contribution in [0.15, 0.2) is 0 Å². The third kappa shape index (κ3) is 1.79. The van der Waals surface area contributed by atoms with Gasteiger partial charge in [0.2, 0.25) is 0 Å². The topological polar surface area (TPSA) is 52.6 Å². The van der Waals surface area contributed by atoms with Gasteiger partial charge in [-0.25, -0.2) is 0 Å². The molecule has 4 nitrogen and oxygen atoms in total. The minimum atomic E-state index is -0.281. The zero-order chi connectivity index (χ0) is 16.9. The highest BCUT2D eigenvalue weighted by atomic mass is 16.6. The second kappa shape index (κ2) is 4.80. The van der Waals surface area contributed by atoms with Crippen LogP contribution in [0.1, 0.15) is 51.9 Å². The molecule has 1 saturated heterocycles. The van der Waals surface area contributed by atoms with Gasteiger partial charge in [0, 0.05) is 12.3 Å². The Labute approximate surface area is 149 Å². The lowest BCUT2D eigenvalue weighted by Gasteiger charge is -2.60.